The molecule has 1 amide bonds. The van der Waals surface area contributed by atoms with Gasteiger partial charge >= 0.3 is 0 Å². The topological polar surface area (TPSA) is 57.8 Å². The van der Waals surface area contributed by atoms with Crippen molar-refractivity contribution in [3.63, 3.8) is 0 Å². The van der Waals surface area contributed by atoms with Crippen LogP contribution in [-0.4, -0.2) is 22.4 Å². The summed E-state index contributed by atoms with van der Waals surface area (Å²) in [6.45, 7) is 2.53. The molecule has 0 aliphatic rings. The maximum atomic E-state index is 11.6. The van der Waals surface area contributed by atoms with E-state index in [9.17, 15) is 4.79 Å². The monoisotopic (exact) mass is 235 g/mol. The first-order valence-corrected chi connectivity index (χ1v) is 5.96. The minimum atomic E-state index is -0.00811. The average Bonchev–Trinajstić information content (AvgIpc) is 2.89. The number of hydrogen-bond acceptors (Lipinski definition) is 3. The van der Waals surface area contributed by atoms with E-state index in [1.54, 1.807) is 6.20 Å². The summed E-state index contributed by atoms with van der Waals surface area (Å²) in [5.74, 6) is 0.894. The summed E-state index contributed by atoms with van der Waals surface area (Å²) < 4.78 is 0. The van der Waals surface area contributed by atoms with Crippen LogP contribution in [0.3, 0.4) is 0 Å². The third kappa shape index (κ3) is 2.70. The van der Waals surface area contributed by atoms with Gasteiger partial charge in [0.1, 0.15) is 5.82 Å². The molecule has 84 valence electrons. The second kappa shape index (κ2) is 4.94. The molecular formula is C11H13N3OS. The zero-order valence-corrected chi connectivity index (χ0v) is 9.80. The number of aryl methyl sites for hydroxylation is 1. The fraction of sp³-hybridized carbons (Fsp3) is 0.273. The van der Waals surface area contributed by atoms with Crippen LogP contribution in [0.15, 0.2) is 23.7 Å². The number of hydrogen-bond donors (Lipinski definition) is 2. The summed E-state index contributed by atoms with van der Waals surface area (Å²) in [5.41, 5.74) is 1.05. The largest absolute Gasteiger partial charge is 0.351 e. The molecule has 0 saturated carbocycles. The highest BCUT2D eigenvalue weighted by atomic mass is 32.1. The predicted octanol–water partition coefficient (Wildman–Crippen LogP) is 1.75. The van der Waals surface area contributed by atoms with Crippen LogP contribution in [0.1, 0.15) is 21.2 Å². The number of nitrogens with zero attached hydrogens (tertiary/aromatic N) is 1. The first-order chi connectivity index (χ1) is 7.75. The van der Waals surface area contributed by atoms with E-state index >= 15 is 0 Å². The summed E-state index contributed by atoms with van der Waals surface area (Å²) in [6, 6.07) is 3.69. The molecule has 0 saturated heterocycles. The molecule has 16 heavy (non-hydrogen) atoms. The van der Waals surface area contributed by atoms with Gasteiger partial charge in [0.25, 0.3) is 5.91 Å². The molecule has 0 radical (unpaired) electrons. The lowest BCUT2D eigenvalue weighted by molar-refractivity contribution is 0.0958. The molecule has 2 aromatic heterocycles. The Morgan fingerprint density at radius 1 is 1.62 bits per heavy atom. The molecule has 2 N–H and O–H groups in total. The predicted molar refractivity (Wildman–Crippen MR) is 63.7 cm³/mol. The van der Waals surface area contributed by atoms with E-state index in [4.69, 9.17) is 0 Å². The Labute approximate surface area is 97.7 Å². The van der Waals surface area contributed by atoms with Crippen LogP contribution >= 0.6 is 11.3 Å². The zero-order chi connectivity index (χ0) is 11.4. The Balaban J connectivity index is 1.78. The van der Waals surface area contributed by atoms with E-state index < -0.39 is 0 Å². The third-order valence-electron chi connectivity index (χ3n) is 2.18. The van der Waals surface area contributed by atoms with Crippen molar-refractivity contribution in [3.05, 3.63) is 40.1 Å². The van der Waals surface area contributed by atoms with Crippen molar-refractivity contribution in [2.75, 3.05) is 6.54 Å². The lowest BCUT2D eigenvalue weighted by Crippen LogP contribution is -2.24. The lowest BCUT2D eigenvalue weighted by Gasteiger charge is -2.01. The number of thiophene rings is 1. The second-order valence-electron chi connectivity index (χ2n) is 3.48. The lowest BCUT2D eigenvalue weighted by atomic mass is 10.3. The first kappa shape index (κ1) is 10.9. The van der Waals surface area contributed by atoms with E-state index in [0.717, 1.165) is 22.8 Å². The van der Waals surface area contributed by atoms with Gasteiger partial charge in [0.2, 0.25) is 0 Å². The normalized spacial score (nSPS) is 10.3. The Hall–Kier alpha value is -1.62. The van der Waals surface area contributed by atoms with Crippen LogP contribution in [0.4, 0.5) is 0 Å². The maximum absolute atomic E-state index is 11.6. The number of imidazole rings is 1. The van der Waals surface area contributed by atoms with Crippen LogP contribution in [-0.2, 0) is 6.42 Å². The molecule has 2 rings (SSSR count). The van der Waals surface area contributed by atoms with Crippen molar-refractivity contribution < 1.29 is 4.79 Å². The Morgan fingerprint density at radius 2 is 2.50 bits per heavy atom. The van der Waals surface area contributed by atoms with E-state index in [1.807, 2.05) is 24.4 Å². The number of nitrogens with one attached hydrogen (secondary N) is 2. The molecule has 5 heteroatoms. The molecule has 0 bridgehead atoms. The Morgan fingerprint density at radius 3 is 3.12 bits per heavy atom. The smallest absolute Gasteiger partial charge is 0.261 e. The third-order valence-corrected chi connectivity index (χ3v) is 3.05. The molecule has 0 atom stereocenters. The maximum Gasteiger partial charge on any atom is 0.261 e. The Kier molecular flexibility index (Phi) is 3.36. The van der Waals surface area contributed by atoms with E-state index in [0.29, 0.717) is 6.54 Å². The highest BCUT2D eigenvalue weighted by Gasteiger charge is 2.05. The minimum absolute atomic E-state index is 0.00811. The number of carbonyl (C=O) groups excluding carboxylic acids is 1. The van der Waals surface area contributed by atoms with Crippen molar-refractivity contribution in [3.8, 4) is 0 Å². The summed E-state index contributed by atoms with van der Waals surface area (Å²) in [4.78, 5) is 19.5. The van der Waals surface area contributed by atoms with Gasteiger partial charge in [0.15, 0.2) is 0 Å². The van der Waals surface area contributed by atoms with Crippen LogP contribution in [0.25, 0.3) is 0 Å². The summed E-state index contributed by atoms with van der Waals surface area (Å²) in [6.07, 6.45) is 2.57. The second-order valence-corrected chi connectivity index (χ2v) is 4.42. The quantitative estimate of drug-likeness (QED) is 0.848. The number of rotatable bonds is 4. The van der Waals surface area contributed by atoms with Gasteiger partial charge in [-0.1, -0.05) is 6.07 Å². The number of aromatic nitrogens is 2. The molecular weight excluding hydrogens is 222 g/mol. The fourth-order valence-electron chi connectivity index (χ4n) is 1.40. The molecule has 0 aromatic carbocycles. The number of H-pyrrole nitrogens is 1. The standard InChI is InChI=1S/C11H13N3OS/c1-8-13-7-9(14-8)4-5-12-11(15)10-3-2-6-16-10/h2-3,6-7H,4-5H2,1H3,(H,12,15)(H,13,14). The molecule has 0 aliphatic carbocycles. The number of carbonyl (C=O) groups is 1. The molecule has 2 aromatic rings. The van der Waals surface area contributed by atoms with Crippen molar-refractivity contribution in [2.24, 2.45) is 0 Å². The van der Waals surface area contributed by atoms with E-state index in [1.165, 1.54) is 11.3 Å². The van der Waals surface area contributed by atoms with E-state index in [-0.39, 0.29) is 5.91 Å². The van der Waals surface area contributed by atoms with Gasteiger partial charge in [0.05, 0.1) is 4.88 Å². The van der Waals surface area contributed by atoms with Crippen molar-refractivity contribution in [1.82, 2.24) is 15.3 Å². The summed E-state index contributed by atoms with van der Waals surface area (Å²) in [5, 5.41) is 4.76. The molecule has 0 unspecified atom stereocenters. The van der Waals surface area contributed by atoms with Crippen molar-refractivity contribution in [2.45, 2.75) is 13.3 Å². The van der Waals surface area contributed by atoms with Gasteiger partial charge in [-0.2, -0.15) is 0 Å². The van der Waals surface area contributed by atoms with Crippen LogP contribution in [0.2, 0.25) is 0 Å². The number of amides is 1. The van der Waals surface area contributed by atoms with Gasteiger partial charge in [-0.05, 0) is 18.4 Å². The van der Waals surface area contributed by atoms with Crippen LogP contribution in [0, 0.1) is 6.92 Å². The highest BCUT2D eigenvalue weighted by Crippen LogP contribution is 2.07. The van der Waals surface area contributed by atoms with Crippen LogP contribution in [0.5, 0.6) is 0 Å². The molecule has 0 fully saturated rings. The van der Waals surface area contributed by atoms with Crippen molar-refractivity contribution >= 4 is 17.2 Å². The van der Waals surface area contributed by atoms with Gasteiger partial charge < -0.3 is 10.3 Å². The van der Waals surface area contributed by atoms with Gasteiger partial charge in [0, 0.05) is 24.9 Å². The summed E-state index contributed by atoms with van der Waals surface area (Å²) in [7, 11) is 0. The summed E-state index contributed by atoms with van der Waals surface area (Å²) >= 11 is 1.45. The molecule has 4 nitrogen and oxygen atoms in total. The van der Waals surface area contributed by atoms with Gasteiger partial charge in [-0.3, -0.25) is 4.79 Å². The fourth-order valence-corrected chi connectivity index (χ4v) is 2.04. The van der Waals surface area contributed by atoms with Gasteiger partial charge in [-0.15, -0.1) is 11.3 Å². The number of aromatic amines is 1. The highest BCUT2D eigenvalue weighted by molar-refractivity contribution is 7.12. The van der Waals surface area contributed by atoms with Crippen molar-refractivity contribution in [1.29, 1.82) is 0 Å². The average molecular weight is 235 g/mol. The molecule has 0 aliphatic heterocycles. The zero-order valence-electron chi connectivity index (χ0n) is 8.99. The first-order valence-electron chi connectivity index (χ1n) is 5.08. The SMILES string of the molecule is Cc1ncc(CCNC(=O)c2cccs2)[nH]1. The molecule has 0 spiro atoms. The molecule has 2 heterocycles. The van der Waals surface area contributed by atoms with Crippen LogP contribution < -0.4 is 5.32 Å². The van der Waals surface area contributed by atoms with Gasteiger partial charge in [-0.25, -0.2) is 4.98 Å². The van der Waals surface area contributed by atoms with E-state index in [2.05, 4.69) is 15.3 Å². The minimum Gasteiger partial charge on any atom is -0.351 e. The Bertz CT molecular complexity index is 461.